The summed E-state index contributed by atoms with van der Waals surface area (Å²) in [7, 11) is 0. The maximum absolute atomic E-state index is 2.44. The molecule has 2 fully saturated rings. The summed E-state index contributed by atoms with van der Waals surface area (Å²) in [6.07, 6.45) is 9.94. The van der Waals surface area contributed by atoms with Crippen LogP contribution in [0, 0.1) is 11.8 Å². The third kappa shape index (κ3) is 2.35. The normalized spacial score (nSPS) is 34.2. The van der Waals surface area contributed by atoms with Crippen molar-refractivity contribution in [1.29, 1.82) is 0 Å². The Morgan fingerprint density at radius 3 is 1.89 bits per heavy atom. The Hall–Kier alpha value is -0.780. The van der Waals surface area contributed by atoms with E-state index < -0.39 is 0 Å². The summed E-state index contributed by atoms with van der Waals surface area (Å²) in [4.78, 5) is 0. The molecule has 0 heteroatoms. The fourth-order valence-corrected chi connectivity index (χ4v) is 4.59. The molecule has 0 nitrogen and oxygen atoms in total. The molecule has 0 N–H and O–H groups in total. The van der Waals surface area contributed by atoms with Crippen molar-refractivity contribution in [3.63, 3.8) is 0 Å². The summed E-state index contributed by atoms with van der Waals surface area (Å²) in [5.74, 6) is 3.64. The monoisotopic (exact) mass is 256 g/mol. The first-order valence-electron chi connectivity index (χ1n) is 8.44. The molecule has 19 heavy (non-hydrogen) atoms. The number of rotatable bonds is 4. The zero-order valence-corrected chi connectivity index (χ0v) is 12.6. The van der Waals surface area contributed by atoms with Gasteiger partial charge in [0.15, 0.2) is 0 Å². The first kappa shape index (κ1) is 13.2. The van der Waals surface area contributed by atoms with Crippen LogP contribution < -0.4 is 0 Å². The molecule has 104 valence electrons. The van der Waals surface area contributed by atoms with Crippen LogP contribution in [0.4, 0.5) is 0 Å². The van der Waals surface area contributed by atoms with Crippen molar-refractivity contribution >= 4 is 0 Å². The molecule has 0 aliphatic heterocycles. The van der Waals surface area contributed by atoms with E-state index in [1.54, 1.807) is 11.1 Å². The molecule has 4 atom stereocenters. The van der Waals surface area contributed by atoms with E-state index in [0.717, 1.165) is 23.7 Å². The van der Waals surface area contributed by atoms with Crippen LogP contribution in [0.1, 0.15) is 81.8 Å². The van der Waals surface area contributed by atoms with Gasteiger partial charge in [0.25, 0.3) is 0 Å². The van der Waals surface area contributed by atoms with Gasteiger partial charge in [0.05, 0.1) is 0 Å². The van der Waals surface area contributed by atoms with Crippen LogP contribution in [0.3, 0.4) is 0 Å². The van der Waals surface area contributed by atoms with Crippen LogP contribution in [0.2, 0.25) is 0 Å². The van der Waals surface area contributed by atoms with E-state index in [1.165, 1.54) is 44.9 Å². The van der Waals surface area contributed by atoms with Crippen LogP contribution >= 0.6 is 0 Å². The highest BCUT2D eigenvalue weighted by Crippen LogP contribution is 2.49. The Bertz CT molecular complexity index is 418. The highest BCUT2D eigenvalue weighted by Gasteiger charge is 2.35. The molecule has 3 rings (SSSR count). The summed E-state index contributed by atoms with van der Waals surface area (Å²) in [5.41, 5.74) is 3.43. The topological polar surface area (TPSA) is 0 Å². The third-order valence-corrected chi connectivity index (χ3v) is 5.92. The predicted molar refractivity (Wildman–Crippen MR) is 82.6 cm³/mol. The van der Waals surface area contributed by atoms with Crippen molar-refractivity contribution in [2.45, 2.75) is 70.6 Å². The van der Waals surface area contributed by atoms with Gasteiger partial charge >= 0.3 is 0 Å². The predicted octanol–water partition coefficient (Wildman–Crippen LogP) is 5.88. The van der Waals surface area contributed by atoms with Gasteiger partial charge < -0.3 is 0 Å². The molecule has 0 heterocycles. The fourth-order valence-electron chi connectivity index (χ4n) is 4.59. The molecule has 0 amide bonds. The maximum atomic E-state index is 2.44. The quantitative estimate of drug-likeness (QED) is 0.630. The van der Waals surface area contributed by atoms with Gasteiger partial charge in [-0.05, 0) is 60.5 Å². The van der Waals surface area contributed by atoms with Gasteiger partial charge in [-0.3, -0.25) is 0 Å². The van der Waals surface area contributed by atoms with E-state index in [9.17, 15) is 0 Å². The Morgan fingerprint density at radius 2 is 1.37 bits per heavy atom. The summed E-state index contributed by atoms with van der Waals surface area (Å²) in [6, 6.07) is 9.41. The highest BCUT2D eigenvalue weighted by molar-refractivity contribution is 5.36. The average Bonchev–Trinajstić information content (AvgIpc) is 2.87. The third-order valence-electron chi connectivity index (χ3n) is 5.92. The lowest BCUT2D eigenvalue weighted by Gasteiger charge is -2.39. The maximum Gasteiger partial charge on any atom is -0.0131 e. The van der Waals surface area contributed by atoms with Crippen molar-refractivity contribution < 1.29 is 0 Å². The molecular formula is C19H28. The molecule has 0 bridgehead atoms. The first-order chi connectivity index (χ1) is 9.35. The molecule has 0 saturated heterocycles. The van der Waals surface area contributed by atoms with Gasteiger partial charge in [-0.15, -0.1) is 0 Å². The molecule has 1 aromatic rings. The van der Waals surface area contributed by atoms with E-state index in [-0.39, 0.29) is 0 Å². The van der Waals surface area contributed by atoms with E-state index >= 15 is 0 Å². The van der Waals surface area contributed by atoms with Crippen molar-refractivity contribution in [2.24, 2.45) is 11.8 Å². The van der Waals surface area contributed by atoms with E-state index in [0.29, 0.717) is 0 Å². The minimum Gasteiger partial charge on any atom is -0.0651 e. The standard InChI is InChI=1S/C19H28/c1-3-14-8-7-11-16(14)18-9-5-6-10-19(18)17-13-12-15(17)4-2/h5-6,9-10,14-17H,3-4,7-8,11-13H2,1-2H3. The van der Waals surface area contributed by atoms with E-state index in [2.05, 4.69) is 38.1 Å². The fraction of sp³-hybridized carbons (Fsp3) is 0.684. The minimum atomic E-state index is 0.860. The molecular weight excluding hydrogens is 228 g/mol. The first-order valence-corrected chi connectivity index (χ1v) is 8.44. The summed E-state index contributed by atoms with van der Waals surface area (Å²) >= 11 is 0. The molecule has 2 saturated carbocycles. The van der Waals surface area contributed by atoms with E-state index in [1.807, 2.05) is 0 Å². The van der Waals surface area contributed by atoms with Crippen LogP contribution in [0.25, 0.3) is 0 Å². The van der Waals surface area contributed by atoms with Crippen molar-refractivity contribution in [2.75, 3.05) is 0 Å². The second-order valence-corrected chi connectivity index (χ2v) is 6.69. The van der Waals surface area contributed by atoms with Crippen LogP contribution in [0.15, 0.2) is 24.3 Å². The number of hydrogen-bond donors (Lipinski definition) is 0. The molecule has 2 aliphatic rings. The van der Waals surface area contributed by atoms with Crippen LogP contribution in [-0.4, -0.2) is 0 Å². The molecule has 0 aromatic heterocycles. The van der Waals surface area contributed by atoms with Crippen LogP contribution in [0.5, 0.6) is 0 Å². The molecule has 0 spiro atoms. The SMILES string of the molecule is CCC1CCCC1c1ccccc1C1CCC1CC. The molecule has 4 unspecified atom stereocenters. The van der Waals surface area contributed by atoms with E-state index in [4.69, 9.17) is 0 Å². The minimum absolute atomic E-state index is 0.860. The van der Waals surface area contributed by atoms with Crippen molar-refractivity contribution in [1.82, 2.24) is 0 Å². The zero-order valence-electron chi connectivity index (χ0n) is 12.6. The lowest BCUT2D eigenvalue weighted by Crippen LogP contribution is -2.25. The Kier molecular flexibility index (Phi) is 3.96. The van der Waals surface area contributed by atoms with Crippen molar-refractivity contribution in [3.05, 3.63) is 35.4 Å². The zero-order chi connectivity index (χ0) is 13.2. The Labute approximate surface area is 118 Å². The average molecular weight is 256 g/mol. The second kappa shape index (κ2) is 5.69. The Morgan fingerprint density at radius 1 is 0.789 bits per heavy atom. The second-order valence-electron chi connectivity index (χ2n) is 6.69. The smallest absolute Gasteiger partial charge is 0.0131 e. The van der Waals surface area contributed by atoms with Gasteiger partial charge in [-0.2, -0.15) is 0 Å². The van der Waals surface area contributed by atoms with Gasteiger partial charge in [-0.1, -0.05) is 57.4 Å². The van der Waals surface area contributed by atoms with Gasteiger partial charge in [-0.25, -0.2) is 0 Å². The number of hydrogen-bond acceptors (Lipinski definition) is 0. The van der Waals surface area contributed by atoms with Crippen LogP contribution in [-0.2, 0) is 0 Å². The molecule has 1 aromatic carbocycles. The lowest BCUT2D eigenvalue weighted by molar-refractivity contribution is 0.245. The van der Waals surface area contributed by atoms with Gasteiger partial charge in [0.1, 0.15) is 0 Å². The lowest BCUT2D eigenvalue weighted by atomic mass is 9.66. The summed E-state index contributed by atoms with van der Waals surface area (Å²) in [6.45, 7) is 4.74. The summed E-state index contributed by atoms with van der Waals surface area (Å²) < 4.78 is 0. The largest absolute Gasteiger partial charge is 0.0651 e. The van der Waals surface area contributed by atoms with Crippen molar-refractivity contribution in [3.8, 4) is 0 Å². The highest BCUT2D eigenvalue weighted by atomic mass is 14.4. The molecule has 2 aliphatic carbocycles. The van der Waals surface area contributed by atoms with Gasteiger partial charge in [0.2, 0.25) is 0 Å². The Balaban J connectivity index is 1.89. The summed E-state index contributed by atoms with van der Waals surface area (Å²) in [5, 5.41) is 0. The molecule has 0 radical (unpaired) electrons. The number of benzene rings is 1. The van der Waals surface area contributed by atoms with Gasteiger partial charge in [0, 0.05) is 0 Å².